The van der Waals surface area contributed by atoms with Gasteiger partial charge < -0.3 is 4.90 Å². The minimum absolute atomic E-state index is 0.0315. The Morgan fingerprint density at radius 2 is 2.28 bits per heavy atom. The smallest absolute Gasteiger partial charge is 0.244 e. The first-order chi connectivity index (χ1) is 8.56. The molecule has 0 aliphatic heterocycles. The van der Waals surface area contributed by atoms with Crippen molar-refractivity contribution in [3.8, 4) is 0 Å². The van der Waals surface area contributed by atoms with Crippen molar-refractivity contribution in [3.63, 3.8) is 0 Å². The maximum Gasteiger partial charge on any atom is 0.244 e. The van der Waals surface area contributed by atoms with Crippen molar-refractivity contribution in [1.82, 2.24) is 24.5 Å². The highest BCUT2D eigenvalue weighted by molar-refractivity contribution is 6.30. The van der Waals surface area contributed by atoms with Crippen LogP contribution in [0.2, 0.25) is 5.02 Å². The van der Waals surface area contributed by atoms with Crippen LogP contribution in [-0.2, 0) is 24.9 Å². The van der Waals surface area contributed by atoms with Gasteiger partial charge in [-0.3, -0.25) is 14.2 Å². The molecule has 18 heavy (non-hydrogen) atoms. The van der Waals surface area contributed by atoms with Gasteiger partial charge in [0.25, 0.3) is 0 Å². The molecule has 0 aromatic carbocycles. The number of aromatic nitrogens is 4. The third-order valence-electron chi connectivity index (χ3n) is 2.65. The highest BCUT2D eigenvalue weighted by atomic mass is 35.5. The Hall–Kier alpha value is -1.82. The Bertz CT molecular complexity index is 547. The van der Waals surface area contributed by atoms with Crippen LogP contribution in [-0.4, -0.2) is 37.4 Å². The summed E-state index contributed by atoms with van der Waals surface area (Å²) in [5.74, 6) is -0.0315. The highest BCUT2D eigenvalue weighted by Gasteiger charge is 2.12. The summed E-state index contributed by atoms with van der Waals surface area (Å²) in [6.45, 7) is 0.700. The Kier molecular flexibility index (Phi) is 3.66. The van der Waals surface area contributed by atoms with E-state index in [0.29, 0.717) is 11.6 Å². The van der Waals surface area contributed by atoms with E-state index in [0.717, 1.165) is 5.69 Å². The summed E-state index contributed by atoms with van der Waals surface area (Å²) in [7, 11) is 3.60. The fourth-order valence-electron chi connectivity index (χ4n) is 1.57. The van der Waals surface area contributed by atoms with Crippen LogP contribution in [0.4, 0.5) is 0 Å². The molecule has 2 heterocycles. The van der Waals surface area contributed by atoms with Crippen molar-refractivity contribution in [2.45, 2.75) is 13.1 Å². The summed E-state index contributed by atoms with van der Waals surface area (Å²) < 4.78 is 3.26. The van der Waals surface area contributed by atoms with Crippen LogP contribution in [0.15, 0.2) is 24.7 Å². The average Bonchev–Trinajstić information content (AvgIpc) is 2.89. The van der Waals surface area contributed by atoms with E-state index in [-0.39, 0.29) is 12.5 Å². The first-order valence-electron chi connectivity index (χ1n) is 5.45. The molecule has 0 saturated heterocycles. The van der Waals surface area contributed by atoms with E-state index in [1.807, 2.05) is 13.1 Å². The van der Waals surface area contributed by atoms with Crippen LogP contribution < -0.4 is 0 Å². The van der Waals surface area contributed by atoms with Crippen molar-refractivity contribution < 1.29 is 4.79 Å². The standard InChI is InChI=1S/C11H14ClN5O/c1-15(7-10-3-4-13-16(10)2)11(18)8-17-6-9(12)5-14-17/h3-6H,7-8H2,1-2H3. The van der Waals surface area contributed by atoms with Gasteiger partial charge in [0.2, 0.25) is 5.91 Å². The molecule has 0 aliphatic carbocycles. The monoisotopic (exact) mass is 267 g/mol. The number of hydrogen-bond donors (Lipinski definition) is 0. The van der Waals surface area contributed by atoms with Crippen LogP contribution >= 0.6 is 11.6 Å². The lowest BCUT2D eigenvalue weighted by atomic mass is 10.4. The first kappa shape index (κ1) is 12.6. The van der Waals surface area contributed by atoms with Gasteiger partial charge in [-0.15, -0.1) is 0 Å². The molecule has 0 aliphatic rings. The number of hydrogen-bond acceptors (Lipinski definition) is 3. The molecule has 0 fully saturated rings. The molecule has 96 valence electrons. The van der Waals surface area contributed by atoms with E-state index < -0.39 is 0 Å². The molecule has 1 amide bonds. The Morgan fingerprint density at radius 1 is 1.50 bits per heavy atom. The zero-order chi connectivity index (χ0) is 13.1. The number of likely N-dealkylation sites (N-methyl/N-ethyl adjacent to an activating group) is 1. The molecule has 0 N–H and O–H groups in total. The maximum absolute atomic E-state index is 12.0. The maximum atomic E-state index is 12.0. The second-order valence-corrected chi connectivity index (χ2v) is 4.49. The number of halogens is 1. The molecule has 0 bridgehead atoms. The summed E-state index contributed by atoms with van der Waals surface area (Å²) in [6, 6.07) is 1.88. The molecule has 6 nitrogen and oxygen atoms in total. The van der Waals surface area contributed by atoms with E-state index in [1.54, 1.807) is 29.0 Å². The molecule has 2 rings (SSSR count). The Labute approximate surface area is 110 Å². The fraction of sp³-hybridized carbons (Fsp3) is 0.364. The number of amides is 1. The summed E-state index contributed by atoms with van der Waals surface area (Å²) in [4.78, 5) is 13.6. The third kappa shape index (κ3) is 2.89. The second-order valence-electron chi connectivity index (χ2n) is 4.05. The van der Waals surface area contributed by atoms with Crippen LogP contribution in [0.3, 0.4) is 0 Å². The number of carbonyl (C=O) groups is 1. The molecule has 0 radical (unpaired) electrons. The molecule has 0 unspecified atom stereocenters. The minimum Gasteiger partial charge on any atom is -0.338 e. The van der Waals surface area contributed by atoms with E-state index in [2.05, 4.69) is 10.2 Å². The predicted molar refractivity (Wildman–Crippen MR) is 66.9 cm³/mol. The Balaban J connectivity index is 1.95. The van der Waals surface area contributed by atoms with Gasteiger partial charge in [0, 0.05) is 26.5 Å². The van der Waals surface area contributed by atoms with Gasteiger partial charge in [-0.1, -0.05) is 11.6 Å². The zero-order valence-corrected chi connectivity index (χ0v) is 11.0. The van der Waals surface area contributed by atoms with Gasteiger partial charge in [-0.25, -0.2) is 0 Å². The summed E-state index contributed by atoms with van der Waals surface area (Å²) in [5.41, 5.74) is 0.976. The molecule has 0 spiro atoms. The number of aryl methyl sites for hydroxylation is 1. The predicted octanol–water partition coefficient (Wildman–Crippen LogP) is 0.929. The zero-order valence-electron chi connectivity index (χ0n) is 10.2. The van der Waals surface area contributed by atoms with Gasteiger partial charge in [0.1, 0.15) is 6.54 Å². The molecule has 2 aromatic rings. The quantitative estimate of drug-likeness (QED) is 0.828. The number of nitrogens with zero attached hydrogens (tertiary/aromatic N) is 5. The normalized spacial score (nSPS) is 10.6. The molecule has 0 saturated carbocycles. The van der Waals surface area contributed by atoms with Crippen LogP contribution in [0, 0.1) is 0 Å². The average molecular weight is 268 g/mol. The lowest BCUT2D eigenvalue weighted by molar-refractivity contribution is -0.131. The lowest BCUT2D eigenvalue weighted by Crippen LogP contribution is -2.30. The van der Waals surface area contributed by atoms with Crippen molar-refractivity contribution in [2.75, 3.05) is 7.05 Å². The highest BCUT2D eigenvalue weighted by Crippen LogP contribution is 2.06. The SMILES string of the molecule is CN(Cc1ccnn1C)C(=O)Cn1cc(Cl)cn1. The number of carbonyl (C=O) groups excluding carboxylic acids is 1. The summed E-state index contributed by atoms with van der Waals surface area (Å²) >= 11 is 5.74. The van der Waals surface area contributed by atoms with Gasteiger partial charge in [0.15, 0.2) is 0 Å². The van der Waals surface area contributed by atoms with Crippen molar-refractivity contribution >= 4 is 17.5 Å². The van der Waals surface area contributed by atoms with E-state index in [9.17, 15) is 4.79 Å². The molecule has 7 heteroatoms. The molecule has 2 aromatic heterocycles. The van der Waals surface area contributed by atoms with Crippen molar-refractivity contribution in [2.24, 2.45) is 7.05 Å². The lowest BCUT2D eigenvalue weighted by Gasteiger charge is -2.17. The van der Waals surface area contributed by atoms with Crippen LogP contribution in [0.25, 0.3) is 0 Å². The van der Waals surface area contributed by atoms with Crippen molar-refractivity contribution in [1.29, 1.82) is 0 Å². The molecule has 0 atom stereocenters. The second kappa shape index (κ2) is 5.22. The van der Waals surface area contributed by atoms with Gasteiger partial charge >= 0.3 is 0 Å². The Morgan fingerprint density at radius 3 is 2.83 bits per heavy atom. The topological polar surface area (TPSA) is 56.0 Å². The molecular formula is C11H14ClN5O. The van der Waals surface area contributed by atoms with Gasteiger partial charge in [0.05, 0.1) is 23.5 Å². The third-order valence-corrected chi connectivity index (χ3v) is 2.84. The first-order valence-corrected chi connectivity index (χ1v) is 5.83. The van der Waals surface area contributed by atoms with Crippen molar-refractivity contribution in [3.05, 3.63) is 35.4 Å². The largest absolute Gasteiger partial charge is 0.338 e. The van der Waals surface area contributed by atoms with E-state index in [4.69, 9.17) is 11.6 Å². The van der Waals surface area contributed by atoms with Crippen LogP contribution in [0.5, 0.6) is 0 Å². The summed E-state index contributed by atoms with van der Waals surface area (Å²) in [5, 5.41) is 8.56. The fourth-order valence-corrected chi connectivity index (χ4v) is 1.73. The van der Waals surface area contributed by atoms with Crippen LogP contribution in [0.1, 0.15) is 5.69 Å². The summed E-state index contributed by atoms with van der Waals surface area (Å²) in [6.07, 6.45) is 4.84. The van der Waals surface area contributed by atoms with E-state index >= 15 is 0 Å². The van der Waals surface area contributed by atoms with Gasteiger partial charge in [-0.2, -0.15) is 10.2 Å². The minimum atomic E-state index is -0.0315. The number of rotatable bonds is 4. The van der Waals surface area contributed by atoms with Gasteiger partial charge in [-0.05, 0) is 6.07 Å². The van der Waals surface area contributed by atoms with E-state index in [1.165, 1.54) is 10.9 Å². The molecular weight excluding hydrogens is 254 g/mol.